The first-order valence-electron chi connectivity index (χ1n) is 13.3. The van der Waals surface area contributed by atoms with Crippen LogP contribution in [0.5, 0.6) is 0 Å². The Kier molecular flexibility index (Phi) is 10.4. The Morgan fingerprint density at radius 3 is 2.39 bits per heavy atom. The molecule has 1 aliphatic rings. The van der Waals surface area contributed by atoms with Crippen LogP contribution >= 0.6 is 11.8 Å². The summed E-state index contributed by atoms with van der Waals surface area (Å²) in [5.74, 6) is -2.14. The fraction of sp³-hybridized carbons (Fsp3) is 0.345. The maximum absolute atomic E-state index is 13.7. The van der Waals surface area contributed by atoms with Crippen molar-refractivity contribution < 1.29 is 27.9 Å². The maximum atomic E-state index is 13.7. The number of nitrogens with one attached hydrogen (secondary N) is 2. The summed E-state index contributed by atoms with van der Waals surface area (Å²) in [4.78, 5) is 40.9. The number of aliphatic hydroxyl groups excluding tert-OH is 1. The van der Waals surface area contributed by atoms with Crippen LogP contribution in [0.15, 0.2) is 77.7 Å². The number of carbonyl (C=O) groups excluding carboxylic acids is 3. The van der Waals surface area contributed by atoms with E-state index in [9.17, 15) is 27.9 Å². The summed E-state index contributed by atoms with van der Waals surface area (Å²) < 4.78 is 28.5. The molecule has 0 spiro atoms. The van der Waals surface area contributed by atoms with E-state index < -0.39 is 45.9 Å². The van der Waals surface area contributed by atoms with Crippen LogP contribution in [0.1, 0.15) is 24.8 Å². The smallest absolute Gasteiger partial charge is 0.243 e. The second kappa shape index (κ2) is 13.9. The van der Waals surface area contributed by atoms with Gasteiger partial charge in [0.05, 0.1) is 10.8 Å². The minimum absolute atomic E-state index is 0.00211. The molecule has 3 atom stereocenters. The first-order chi connectivity index (χ1) is 19.7. The first kappa shape index (κ1) is 30.5. The summed E-state index contributed by atoms with van der Waals surface area (Å²) in [7, 11) is -4.05. The van der Waals surface area contributed by atoms with Crippen LogP contribution in [0, 0.1) is 0 Å². The molecule has 1 aliphatic heterocycles. The highest BCUT2D eigenvalue weighted by molar-refractivity contribution is 7.99. The van der Waals surface area contributed by atoms with Crippen molar-refractivity contribution in [1.29, 1.82) is 0 Å². The topological polar surface area (TPSA) is 159 Å². The number of carbonyl (C=O) groups is 3. The molecule has 0 unspecified atom stereocenters. The van der Waals surface area contributed by atoms with Gasteiger partial charge in [-0.1, -0.05) is 60.7 Å². The van der Waals surface area contributed by atoms with Crippen LogP contribution in [-0.2, 0) is 30.8 Å². The van der Waals surface area contributed by atoms with Gasteiger partial charge in [0, 0.05) is 18.7 Å². The molecule has 5 N–H and O–H groups in total. The van der Waals surface area contributed by atoms with Crippen molar-refractivity contribution in [3.05, 3.63) is 78.4 Å². The molecule has 0 aliphatic carbocycles. The highest BCUT2D eigenvalue weighted by atomic mass is 32.2. The molecule has 1 fully saturated rings. The molecule has 41 heavy (non-hydrogen) atoms. The van der Waals surface area contributed by atoms with Crippen molar-refractivity contribution in [2.75, 3.05) is 18.2 Å². The molecule has 12 heteroatoms. The lowest BCUT2D eigenvalue weighted by Gasteiger charge is -2.37. The van der Waals surface area contributed by atoms with E-state index in [1.165, 1.54) is 17.0 Å². The number of fused-ring (bicyclic) bond motifs is 1. The fourth-order valence-corrected chi connectivity index (χ4v) is 6.82. The van der Waals surface area contributed by atoms with Gasteiger partial charge < -0.3 is 21.1 Å². The number of hydrogen-bond acceptors (Lipinski definition) is 7. The van der Waals surface area contributed by atoms with Crippen LogP contribution in [0.3, 0.4) is 0 Å². The molecule has 218 valence electrons. The number of nitrogens with zero attached hydrogens (tertiary/aromatic N) is 1. The predicted octanol–water partition coefficient (Wildman–Crippen LogP) is 1.76. The molecule has 10 nitrogen and oxygen atoms in total. The third-order valence-corrected chi connectivity index (χ3v) is 9.27. The van der Waals surface area contributed by atoms with Gasteiger partial charge in [-0.15, -0.1) is 11.8 Å². The Labute approximate surface area is 243 Å². The minimum atomic E-state index is -4.05. The second-order valence-electron chi connectivity index (χ2n) is 9.88. The van der Waals surface area contributed by atoms with Crippen molar-refractivity contribution in [3.8, 4) is 0 Å². The minimum Gasteiger partial charge on any atom is -0.386 e. The Morgan fingerprint density at radius 2 is 1.68 bits per heavy atom. The number of nitrogens with two attached hydrogens (primary N) is 1. The molecule has 3 aromatic carbocycles. The van der Waals surface area contributed by atoms with Gasteiger partial charge in [0.1, 0.15) is 18.1 Å². The van der Waals surface area contributed by atoms with Crippen molar-refractivity contribution in [2.24, 2.45) is 5.73 Å². The van der Waals surface area contributed by atoms with E-state index in [4.69, 9.17) is 5.73 Å². The van der Waals surface area contributed by atoms with Crippen molar-refractivity contribution >= 4 is 50.3 Å². The lowest BCUT2D eigenvalue weighted by molar-refractivity contribution is -0.143. The van der Waals surface area contributed by atoms with Crippen molar-refractivity contribution in [3.63, 3.8) is 0 Å². The SMILES string of the molecule is NC(=O)[C@H](Cc1ccc2ccccc2c1)NC(=O)[C@@H]1CCCCN1C(=O)[C@H](CSCO)NS(=O)(=O)c1ccccc1. The number of aliphatic hydroxyl groups is 1. The van der Waals surface area contributed by atoms with E-state index in [0.717, 1.165) is 28.1 Å². The maximum Gasteiger partial charge on any atom is 0.243 e. The molecule has 1 saturated heterocycles. The van der Waals surface area contributed by atoms with Crippen LogP contribution in [0.25, 0.3) is 10.8 Å². The van der Waals surface area contributed by atoms with Gasteiger partial charge in [-0.3, -0.25) is 14.4 Å². The number of sulfonamides is 1. The number of likely N-dealkylation sites (tertiary alicyclic amines) is 1. The number of hydrogen-bond donors (Lipinski definition) is 4. The summed E-state index contributed by atoms with van der Waals surface area (Å²) >= 11 is 0.990. The van der Waals surface area contributed by atoms with Gasteiger partial charge in [-0.05, 0) is 47.7 Å². The lowest BCUT2D eigenvalue weighted by Crippen LogP contribution is -2.60. The van der Waals surface area contributed by atoms with Crippen LogP contribution in [0.4, 0.5) is 0 Å². The van der Waals surface area contributed by atoms with E-state index in [1.54, 1.807) is 18.2 Å². The monoisotopic (exact) mass is 598 g/mol. The fourth-order valence-electron chi connectivity index (χ4n) is 4.94. The molecule has 0 radical (unpaired) electrons. The Bertz CT molecular complexity index is 1480. The van der Waals surface area contributed by atoms with Crippen LogP contribution in [-0.4, -0.2) is 72.5 Å². The molecule has 3 amide bonds. The third kappa shape index (κ3) is 7.85. The molecule has 0 aromatic heterocycles. The highest BCUT2D eigenvalue weighted by Crippen LogP contribution is 2.22. The van der Waals surface area contributed by atoms with Crippen LogP contribution < -0.4 is 15.8 Å². The average Bonchev–Trinajstić information content (AvgIpc) is 2.98. The van der Waals surface area contributed by atoms with Gasteiger partial charge in [0.25, 0.3) is 0 Å². The zero-order valence-electron chi connectivity index (χ0n) is 22.4. The zero-order chi connectivity index (χ0) is 29.4. The largest absolute Gasteiger partial charge is 0.386 e. The summed E-state index contributed by atoms with van der Waals surface area (Å²) in [5.41, 5.74) is 6.48. The first-order valence-corrected chi connectivity index (χ1v) is 16.0. The summed E-state index contributed by atoms with van der Waals surface area (Å²) in [6, 6.07) is 18.1. The molecule has 3 aromatic rings. The quantitative estimate of drug-likeness (QED) is 0.231. The van der Waals surface area contributed by atoms with Gasteiger partial charge in [0.15, 0.2) is 0 Å². The molecule has 4 rings (SSSR count). The van der Waals surface area contributed by atoms with E-state index in [1.807, 2.05) is 42.5 Å². The predicted molar refractivity (Wildman–Crippen MR) is 158 cm³/mol. The lowest BCUT2D eigenvalue weighted by atomic mass is 9.98. The molecule has 0 bridgehead atoms. The third-order valence-electron chi connectivity index (χ3n) is 7.03. The highest BCUT2D eigenvalue weighted by Gasteiger charge is 2.38. The number of rotatable bonds is 12. The summed E-state index contributed by atoms with van der Waals surface area (Å²) in [6.07, 6.45) is 1.85. The van der Waals surface area contributed by atoms with Gasteiger partial charge in [-0.2, -0.15) is 4.72 Å². The van der Waals surface area contributed by atoms with Crippen LogP contribution in [0.2, 0.25) is 0 Å². The number of primary amides is 1. The van der Waals surface area contributed by atoms with Crippen molar-refractivity contribution in [2.45, 2.75) is 48.7 Å². The Morgan fingerprint density at radius 1 is 0.976 bits per heavy atom. The Hall–Kier alpha value is -3.45. The molecular formula is C29H34N4O6S2. The van der Waals surface area contributed by atoms with Gasteiger partial charge in [-0.25, -0.2) is 8.42 Å². The van der Waals surface area contributed by atoms with Crippen molar-refractivity contribution in [1.82, 2.24) is 14.9 Å². The standard InChI is InChI=1S/C29H34N4O6S2/c30-27(35)24(17-20-13-14-21-8-4-5-9-22(21)16-20)31-28(36)26-12-6-7-15-33(26)29(37)25(18-40-19-34)32-41(38,39)23-10-2-1-3-11-23/h1-5,8-11,13-14,16,24-26,32,34H,6-7,12,15,17-19H2,(H2,30,35)(H,31,36)/t24-,25-,26-/m0/s1. The van der Waals surface area contributed by atoms with E-state index in [-0.39, 0.29) is 29.6 Å². The molecule has 1 heterocycles. The molecular weight excluding hydrogens is 564 g/mol. The normalized spacial score (nSPS) is 17.1. The Balaban J connectivity index is 1.50. The van der Waals surface area contributed by atoms with E-state index in [2.05, 4.69) is 10.0 Å². The molecule has 0 saturated carbocycles. The zero-order valence-corrected chi connectivity index (χ0v) is 24.1. The number of benzene rings is 3. The van der Waals surface area contributed by atoms with E-state index >= 15 is 0 Å². The average molecular weight is 599 g/mol. The van der Waals surface area contributed by atoms with Gasteiger partial charge in [0.2, 0.25) is 27.7 Å². The van der Waals surface area contributed by atoms with Gasteiger partial charge >= 0.3 is 0 Å². The number of thioether (sulfide) groups is 1. The van der Waals surface area contributed by atoms with E-state index in [0.29, 0.717) is 19.3 Å². The summed E-state index contributed by atoms with van der Waals surface area (Å²) in [5, 5.41) is 14.1. The second-order valence-corrected chi connectivity index (χ2v) is 12.6. The number of piperidine rings is 1. The summed E-state index contributed by atoms with van der Waals surface area (Å²) in [6.45, 7) is 0.246. The number of amides is 3.